The summed E-state index contributed by atoms with van der Waals surface area (Å²) in [5.74, 6) is 0.689. The van der Waals surface area contributed by atoms with Gasteiger partial charge < -0.3 is 10.2 Å². The minimum atomic E-state index is 0.345. The highest BCUT2D eigenvalue weighted by Crippen LogP contribution is 2.49. The summed E-state index contributed by atoms with van der Waals surface area (Å²) < 4.78 is 0. The van der Waals surface area contributed by atoms with Crippen molar-refractivity contribution in [3.63, 3.8) is 0 Å². The van der Waals surface area contributed by atoms with Crippen LogP contribution in [-0.4, -0.2) is 10.2 Å². The van der Waals surface area contributed by atoms with Crippen LogP contribution in [0.15, 0.2) is 84.9 Å². The van der Waals surface area contributed by atoms with Gasteiger partial charge in [0.15, 0.2) is 0 Å². The highest BCUT2D eigenvalue weighted by atomic mass is 16.3. The number of benzene rings is 6. The van der Waals surface area contributed by atoms with Gasteiger partial charge in [-0.15, -0.1) is 0 Å². The number of unbranched alkanes of at least 4 members (excludes halogenated alkanes) is 4. The highest BCUT2D eigenvalue weighted by molar-refractivity contribution is 6.26. The smallest absolute Gasteiger partial charge is 0.131 e. The van der Waals surface area contributed by atoms with E-state index in [1.807, 2.05) is 36.4 Å². The first-order valence-electron chi connectivity index (χ1n) is 14.9. The fourth-order valence-corrected chi connectivity index (χ4v) is 6.41. The van der Waals surface area contributed by atoms with E-state index in [-0.39, 0.29) is 0 Å². The number of fused-ring (bicyclic) bond motifs is 4. The van der Waals surface area contributed by atoms with Crippen LogP contribution >= 0.6 is 0 Å². The lowest BCUT2D eigenvalue weighted by Crippen LogP contribution is -1.94. The van der Waals surface area contributed by atoms with Gasteiger partial charge in [-0.05, 0) is 81.6 Å². The second kappa shape index (κ2) is 11.2. The van der Waals surface area contributed by atoms with Gasteiger partial charge in [0.1, 0.15) is 11.5 Å². The van der Waals surface area contributed by atoms with Crippen molar-refractivity contribution in [1.82, 2.24) is 0 Å². The van der Waals surface area contributed by atoms with E-state index < -0.39 is 0 Å². The number of hydrogen-bond donors (Lipinski definition) is 2. The second-order valence-electron chi connectivity index (χ2n) is 11.2. The number of rotatable bonds is 9. The summed E-state index contributed by atoms with van der Waals surface area (Å²) in [5.41, 5.74) is 4.75. The number of aryl methyl sites for hydroxylation is 2. The molecule has 0 bridgehead atoms. The first-order chi connectivity index (χ1) is 19.6. The molecule has 0 radical (unpaired) electrons. The molecule has 0 fully saturated rings. The predicted molar refractivity (Wildman–Crippen MR) is 172 cm³/mol. The largest absolute Gasteiger partial charge is 0.507 e. The maximum Gasteiger partial charge on any atom is 0.131 e. The zero-order valence-electron chi connectivity index (χ0n) is 23.6. The topological polar surface area (TPSA) is 40.5 Å². The first kappa shape index (κ1) is 26.2. The standard InChI is InChI=1S/C38H38O2/c1-3-5-7-13-25-19-21-29-33(23-25)37(39)31-17-11-9-15-27(31)35(29)36-28-16-10-12-18-32(28)38(40)34-24-26(14-8-6-4-2)20-22-30(34)36/h9-12,15-24,39-40H,3-8,13-14H2,1-2H3. The van der Waals surface area contributed by atoms with Crippen molar-refractivity contribution >= 4 is 43.1 Å². The summed E-state index contributed by atoms with van der Waals surface area (Å²) in [6.45, 7) is 4.45. The number of aromatic hydroxyl groups is 2. The van der Waals surface area contributed by atoms with Crippen LogP contribution in [0.4, 0.5) is 0 Å². The third-order valence-corrected chi connectivity index (χ3v) is 8.51. The molecule has 40 heavy (non-hydrogen) atoms. The van der Waals surface area contributed by atoms with Crippen molar-refractivity contribution in [3.8, 4) is 22.6 Å². The van der Waals surface area contributed by atoms with Gasteiger partial charge in [0.2, 0.25) is 0 Å². The molecule has 6 aromatic carbocycles. The van der Waals surface area contributed by atoms with Crippen molar-refractivity contribution in [3.05, 3.63) is 96.1 Å². The van der Waals surface area contributed by atoms with Crippen LogP contribution in [-0.2, 0) is 12.8 Å². The maximum atomic E-state index is 11.5. The Kier molecular flexibility index (Phi) is 7.34. The third kappa shape index (κ3) is 4.56. The molecule has 2 nitrogen and oxygen atoms in total. The van der Waals surface area contributed by atoms with Crippen molar-refractivity contribution in [2.24, 2.45) is 0 Å². The van der Waals surface area contributed by atoms with E-state index in [1.54, 1.807) is 0 Å². The van der Waals surface area contributed by atoms with Gasteiger partial charge in [0.05, 0.1) is 0 Å². The first-order valence-corrected chi connectivity index (χ1v) is 14.9. The average Bonchev–Trinajstić information content (AvgIpc) is 2.99. The summed E-state index contributed by atoms with van der Waals surface area (Å²) in [7, 11) is 0. The zero-order valence-corrected chi connectivity index (χ0v) is 23.6. The van der Waals surface area contributed by atoms with Crippen LogP contribution in [0.2, 0.25) is 0 Å². The normalized spacial score (nSPS) is 11.8. The highest BCUT2D eigenvalue weighted by Gasteiger charge is 2.21. The molecule has 0 amide bonds. The maximum absolute atomic E-state index is 11.5. The monoisotopic (exact) mass is 526 g/mol. The molecule has 0 aromatic heterocycles. The lowest BCUT2D eigenvalue weighted by Gasteiger charge is -2.20. The van der Waals surface area contributed by atoms with E-state index in [2.05, 4.69) is 62.4 Å². The second-order valence-corrected chi connectivity index (χ2v) is 11.2. The van der Waals surface area contributed by atoms with E-state index in [0.29, 0.717) is 11.5 Å². The van der Waals surface area contributed by atoms with E-state index >= 15 is 0 Å². The van der Waals surface area contributed by atoms with Crippen molar-refractivity contribution in [1.29, 1.82) is 0 Å². The molecule has 0 aliphatic rings. The van der Waals surface area contributed by atoms with Gasteiger partial charge in [0, 0.05) is 21.5 Å². The number of phenolic OH excluding ortho intramolecular Hbond substituents is 2. The Balaban J connectivity index is 1.70. The molecular weight excluding hydrogens is 488 g/mol. The summed E-state index contributed by atoms with van der Waals surface area (Å²) in [5, 5.41) is 30.7. The quantitative estimate of drug-likeness (QED) is 0.145. The van der Waals surface area contributed by atoms with Crippen LogP contribution in [0.3, 0.4) is 0 Å². The Morgan fingerprint density at radius 1 is 0.425 bits per heavy atom. The van der Waals surface area contributed by atoms with Crippen molar-refractivity contribution in [2.45, 2.75) is 65.2 Å². The molecule has 6 rings (SSSR count). The van der Waals surface area contributed by atoms with E-state index in [9.17, 15) is 10.2 Å². The molecule has 0 saturated heterocycles. The molecular formula is C38H38O2. The minimum absolute atomic E-state index is 0.345. The third-order valence-electron chi connectivity index (χ3n) is 8.51. The van der Waals surface area contributed by atoms with Crippen LogP contribution in [0, 0.1) is 0 Å². The van der Waals surface area contributed by atoms with E-state index in [0.717, 1.165) is 79.9 Å². The molecule has 2 heteroatoms. The molecule has 0 aliphatic carbocycles. The van der Waals surface area contributed by atoms with E-state index in [4.69, 9.17) is 0 Å². The molecule has 0 saturated carbocycles. The molecule has 0 heterocycles. The Labute approximate surface area is 236 Å². The fourth-order valence-electron chi connectivity index (χ4n) is 6.41. The average molecular weight is 527 g/mol. The summed E-state index contributed by atoms with van der Waals surface area (Å²) in [6, 6.07) is 29.6. The molecule has 0 unspecified atom stereocenters. The Hall–Kier alpha value is -4.04. The Bertz CT molecular complexity index is 1710. The number of hydrogen-bond acceptors (Lipinski definition) is 2. The molecule has 6 aromatic rings. The molecule has 0 aliphatic heterocycles. The van der Waals surface area contributed by atoms with E-state index in [1.165, 1.54) is 36.8 Å². The van der Waals surface area contributed by atoms with Crippen LogP contribution in [0.1, 0.15) is 63.5 Å². The minimum Gasteiger partial charge on any atom is -0.507 e. The van der Waals surface area contributed by atoms with Crippen LogP contribution < -0.4 is 0 Å². The lowest BCUT2D eigenvalue weighted by atomic mass is 9.84. The van der Waals surface area contributed by atoms with Gasteiger partial charge in [-0.3, -0.25) is 0 Å². The number of phenols is 2. The predicted octanol–water partition coefficient (Wildman–Crippen LogP) is 10.8. The van der Waals surface area contributed by atoms with Gasteiger partial charge in [-0.2, -0.15) is 0 Å². The Morgan fingerprint density at radius 2 is 0.800 bits per heavy atom. The Morgan fingerprint density at radius 3 is 1.20 bits per heavy atom. The summed E-state index contributed by atoms with van der Waals surface area (Å²) >= 11 is 0. The summed E-state index contributed by atoms with van der Waals surface area (Å²) in [4.78, 5) is 0. The van der Waals surface area contributed by atoms with Gasteiger partial charge in [-0.1, -0.05) is 112 Å². The fraction of sp³-hybridized carbons (Fsp3) is 0.263. The molecule has 0 atom stereocenters. The summed E-state index contributed by atoms with van der Waals surface area (Å²) in [6.07, 6.45) is 9.12. The van der Waals surface area contributed by atoms with Gasteiger partial charge >= 0.3 is 0 Å². The molecule has 202 valence electrons. The van der Waals surface area contributed by atoms with Crippen molar-refractivity contribution in [2.75, 3.05) is 0 Å². The molecule has 2 N–H and O–H groups in total. The SMILES string of the molecule is CCCCCc1ccc2c(-c3c4ccccc4c(O)c4cc(CCCCC)ccc34)c3ccccc3c(O)c2c1. The van der Waals surface area contributed by atoms with Gasteiger partial charge in [0.25, 0.3) is 0 Å². The van der Waals surface area contributed by atoms with Gasteiger partial charge in [-0.25, -0.2) is 0 Å². The lowest BCUT2D eigenvalue weighted by molar-refractivity contribution is 0.487. The van der Waals surface area contributed by atoms with Crippen molar-refractivity contribution < 1.29 is 10.2 Å². The van der Waals surface area contributed by atoms with Crippen LogP contribution in [0.5, 0.6) is 11.5 Å². The van der Waals surface area contributed by atoms with Crippen LogP contribution in [0.25, 0.3) is 54.2 Å². The zero-order chi connectivity index (χ0) is 27.6. The molecule has 0 spiro atoms.